The fourth-order valence-corrected chi connectivity index (χ4v) is 1.81. The number of halogens is 2. The second-order valence-corrected chi connectivity index (χ2v) is 4.25. The summed E-state index contributed by atoms with van der Waals surface area (Å²) >= 11 is 5.70. The summed E-state index contributed by atoms with van der Waals surface area (Å²) in [5.74, 6) is -0.414. The Morgan fingerprint density at radius 3 is 2.82 bits per heavy atom. The molecule has 0 aliphatic heterocycles. The molecule has 0 saturated heterocycles. The normalized spacial score (nSPS) is 10.5. The van der Waals surface area contributed by atoms with Crippen molar-refractivity contribution >= 4 is 17.4 Å². The minimum absolute atomic E-state index is 0.00434. The van der Waals surface area contributed by atoms with Crippen LogP contribution in [0.2, 0.25) is 5.02 Å². The molecule has 88 valence electrons. The molecule has 2 nitrogen and oxygen atoms in total. The maximum absolute atomic E-state index is 13.6. The molecule has 0 radical (unpaired) electrons. The third kappa shape index (κ3) is 2.56. The van der Waals surface area contributed by atoms with Gasteiger partial charge in [0.1, 0.15) is 5.82 Å². The predicted octanol–water partition coefficient (Wildman–Crippen LogP) is 3.53. The van der Waals surface area contributed by atoms with Gasteiger partial charge < -0.3 is 4.57 Å². The Kier molecular flexibility index (Phi) is 3.29. The highest BCUT2D eigenvalue weighted by Crippen LogP contribution is 2.19. The molecule has 1 aromatic heterocycles. The molecule has 1 heterocycles. The van der Waals surface area contributed by atoms with E-state index in [0.29, 0.717) is 17.7 Å². The van der Waals surface area contributed by atoms with E-state index in [2.05, 4.69) is 0 Å². The second-order valence-electron chi connectivity index (χ2n) is 3.84. The first kappa shape index (κ1) is 11.9. The highest BCUT2D eigenvalue weighted by Gasteiger charge is 2.07. The number of nitrogens with zero attached hydrogens (tertiary/aromatic N) is 1. The zero-order chi connectivity index (χ0) is 12.4. The first-order valence-corrected chi connectivity index (χ1v) is 5.55. The Morgan fingerprint density at radius 2 is 2.18 bits per heavy atom. The van der Waals surface area contributed by atoms with Crippen LogP contribution >= 0.6 is 11.6 Å². The van der Waals surface area contributed by atoms with Gasteiger partial charge in [0.15, 0.2) is 5.78 Å². The molecule has 0 N–H and O–H groups in total. The smallest absolute Gasteiger partial charge is 0.161 e. The molecule has 2 rings (SSSR count). The monoisotopic (exact) mass is 251 g/mol. The molecule has 0 aliphatic carbocycles. The number of ketones is 1. The summed E-state index contributed by atoms with van der Waals surface area (Å²) in [6.07, 6.45) is 3.44. The number of aromatic nitrogens is 1. The maximum atomic E-state index is 13.6. The predicted molar refractivity (Wildman–Crippen MR) is 64.9 cm³/mol. The lowest BCUT2D eigenvalue weighted by atomic mass is 10.2. The standard InChI is InChI=1S/C13H11ClFNO/c1-9(17)10-5-6-16(7-10)8-11-3-2-4-12(14)13(11)15/h2-7H,8H2,1H3. The van der Waals surface area contributed by atoms with Crippen molar-refractivity contribution in [3.63, 3.8) is 0 Å². The Morgan fingerprint density at radius 1 is 1.41 bits per heavy atom. The van der Waals surface area contributed by atoms with E-state index < -0.39 is 5.82 Å². The van der Waals surface area contributed by atoms with Gasteiger partial charge in [-0.2, -0.15) is 0 Å². The van der Waals surface area contributed by atoms with Crippen LogP contribution in [-0.4, -0.2) is 10.4 Å². The van der Waals surface area contributed by atoms with Gasteiger partial charge in [0.2, 0.25) is 0 Å². The van der Waals surface area contributed by atoms with Gasteiger partial charge in [-0.05, 0) is 19.1 Å². The number of rotatable bonds is 3. The lowest BCUT2D eigenvalue weighted by Crippen LogP contribution is -2.00. The zero-order valence-corrected chi connectivity index (χ0v) is 10.0. The van der Waals surface area contributed by atoms with Crippen LogP contribution < -0.4 is 0 Å². The zero-order valence-electron chi connectivity index (χ0n) is 9.28. The van der Waals surface area contributed by atoms with E-state index in [4.69, 9.17) is 11.6 Å². The van der Waals surface area contributed by atoms with Crippen molar-refractivity contribution in [3.8, 4) is 0 Å². The first-order valence-electron chi connectivity index (χ1n) is 5.17. The van der Waals surface area contributed by atoms with Gasteiger partial charge in [-0.15, -0.1) is 0 Å². The molecule has 0 bridgehead atoms. The Hall–Kier alpha value is -1.61. The van der Waals surface area contributed by atoms with Gasteiger partial charge in [-0.3, -0.25) is 4.79 Å². The van der Waals surface area contributed by atoms with Gasteiger partial charge in [-0.25, -0.2) is 4.39 Å². The second kappa shape index (κ2) is 4.72. The number of carbonyl (C=O) groups is 1. The quantitative estimate of drug-likeness (QED) is 0.765. The number of benzene rings is 1. The number of carbonyl (C=O) groups excluding carboxylic acids is 1. The van der Waals surface area contributed by atoms with E-state index in [1.807, 2.05) is 0 Å². The van der Waals surface area contributed by atoms with E-state index in [1.54, 1.807) is 35.2 Å². The van der Waals surface area contributed by atoms with Gasteiger partial charge in [0, 0.05) is 30.1 Å². The van der Waals surface area contributed by atoms with E-state index in [-0.39, 0.29) is 10.8 Å². The van der Waals surface area contributed by atoms with Crippen LogP contribution in [0.1, 0.15) is 22.8 Å². The minimum Gasteiger partial charge on any atom is -0.349 e. The van der Waals surface area contributed by atoms with Gasteiger partial charge in [-0.1, -0.05) is 23.7 Å². The van der Waals surface area contributed by atoms with E-state index in [0.717, 1.165) is 0 Å². The molecule has 0 atom stereocenters. The average Bonchev–Trinajstić information content (AvgIpc) is 2.73. The SMILES string of the molecule is CC(=O)c1ccn(Cc2cccc(Cl)c2F)c1. The highest BCUT2D eigenvalue weighted by molar-refractivity contribution is 6.30. The third-order valence-electron chi connectivity index (χ3n) is 2.54. The Labute approximate surface area is 104 Å². The van der Waals surface area contributed by atoms with Crippen LogP contribution in [0.15, 0.2) is 36.7 Å². The van der Waals surface area contributed by atoms with E-state index >= 15 is 0 Å². The number of hydrogen-bond acceptors (Lipinski definition) is 1. The Bertz CT molecular complexity index is 562. The molecule has 2 aromatic rings. The average molecular weight is 252 g/mol. The van der Waals surface area contributed by atoms with Gasteiger partial charge in [0.25, 0.3) is 0 Å². The molecule has 0 unspecified atom stereocenters. The largest absolute Gasteiger partial charge is 0.349 e. The number of hydrogen-bond donors (Lipinski definition) is 0. The van der Waals surface area contributed by atoms with Gasteiger partial charge >= 0.3 is 0 Å². The molecule has 17 heavy (non-hydrogen) atoms. The summed E-state index contributed by atoms with van der Waals surface area (Å²) in [6.45, 7) is 1.86. The van der Waals surface area contributed by atoms with Crippen molar-refractivity contribution < 1.29 is 9.18 Å². The lowest BCUT2D eigenvalue weighted by molar-refractivity contribution is 0.101. The molecule has 4 heteroatoms. The molecule has 0 amide bonds. The van der Waals surface area contributed by atoms with Crippen molar-refractivity contribution in [2.24, 2.45) is 0 Å². The summed E-state index contributed by atoms with van der Waals surface area (Å²) < 4.78 is 15.4. The molecular weight excluding hydrogens is 241 g/mol. The topological polar surface area (TPSA) is 22.0 Å². The fraction of sp³-hybridized carbons (Fsp3) is 0.154. The number of Topliss-reactive ketones (excluding diaryl/α,β-unsaturated/α-hetero) is 1. The molecule has 0 fully saturated rings. The molecule has 1 aromatic carbocycles. The highest BCUT2D eigenvalue weighted by atomic mass is 35.5. The van der Waals surface area contributed by atoms with Crippen molar-refractivity contribution in [2.45, 2.75) is 13.5 Å². The van der Waals surface area contributed by atoms with Crippen LogP contribution in [0.3, 0.4) is 0 Å². The van der Waals surface area contributed by atoms with Crippen LogP contribution in [0.5, 0.6) is 0 Å². The molecule has 0 aliphatic rings. The third-order valence-corrected chi connectivity index (χ3v) is 2.83. The Balaban J connectivity index is 2.25. The van der Waals surface area contributed by atoms with Crippen LogP contribution in [-0.2, 0) is 6.54 Å². The summed E-state index contributed by atoms with van der Waals surface area (Å²) in [7, 11) is 0. The maximum Gasteiger partial charge on any atom is 0.161 e. The van der Waals surface area contributed by atoms with E-state index in [1.165, 1.54) is 13.0 Å². The molecule has 0 spiro atoms. The lowest BCUT2D eigenvalue weighted by Gasteiger charge is -2.05. The molecule has 0 saturated carbocycles. The summed E-state index contributed by atoms with van der Waals surface area (Å²) in [4.78, 5) is 11.1. The van der Waals surface area contributed by atoms with Crippen LogP contribution in [0.25, 0.3) is 0 Å². The van der Waals surface area contributed by atoms with Gasteiger partial charge in [0.05, 0.1) is 5.02 Å². The molecular formula is C13H11ClFNO. The van der Waals surface area contributed by atoms with Crippen molar-refractivity contribution in [2.75, 3.05) is 0 Å². The first-order chi connectivity index (χ1) is 8.08. The van der Waals surface area contributed by atoms with Crippen molar-refractivity contribution in [1.82, 2.24) is 4.57 Å². The van der Waals surface area contributed by atoms with Crippen LogP contribution in [0, 0.1) is 5.82 Å². The summed E-state index contributed by atoms with van der Waals surface area (Å²) in [5, 5.41) is 0.112. The van der Waals surface area contributed by atoms with E-state index in [9.17, 15) is 9.18 Å². The summed E-state index contributed by atoms with van der Waals surface area (Å²) in [6, 6.07) is 6.60. The fourth-order valence-electron chi connectivity index (χ4n) is 1.61. The van der Waals surface area contributed by atoms with Crippen molar-refractivity contribution in [1.29, 1.82) is 0 Å². The minimum atomic E-state index is -0.410. The van der Waals surface area contributed by atoms with Crippen LogP contribution in [0.4, 0.5) is 4.39 Å². The van der Waals surface area contributed by atoms with Crippen molar-refractivity contribution in [3.05, 3.63) is 58.6 Å². The summed E-state index contributed by atoms with van der Waals surface area (Å²) in [5.41, 5.74) is 1.12.